The zero-order chi connectivity index (χ0) is 13.5. The van der Waals surface area contributed by atoms with Crippen molar-refractivity contribution in [1.82, 2.24) is 4.31 Å². The highest BCUT2D eigenvalue weighted by Crippen LogP contribution is 2.32. The smallest absolute Gasteiger partial charge is 0.246 e. The Morgan fingerprint density at radius 1 is 1.44 bits per heavy atom. The van der Waals surface area contributed by atoms with E-state index in [1.54, 1.807) is 0 Å². The Labute approximate surface area is 111 Å². The summed E-state index contributed by atoms with van der Waals surface area (Å²) in [5.74, 6) is -0.947. The normalized spacial score (nSPS) is 16.9. The van der Waals surface area contributed by atoms with Crippen LogP contribution in [0.2, 0.25) is 5.02 Å². The summed E-state index contributed by atoms with van der Waals surface area (Å²) in [6, 6.07) is 2.24. The molecule has 2 rings (SSSR count). The fraction of sp³-hybridized carbons (Fsp3) is 0.455. The van der Waals surface area contributed by atoms with Crippen LogP contribution in [0.25, 0.3) is 0 Å². The van der Waals surface area contributed by atoms with Gasteiger partial charge in [-0.05, 0) is 25.0 Å². The van der Waals surface area contributed by atoms with Crippen LogP contribution >= 0.6 is 11.6 Å². The van der Waals surface area contributed by atoms with Gasteiger partial charge in [-0.15, -0.1) is 0 Å². The molecule has 0 amide bonds. The first-order valence-electron chi connectivity index (χ1n) is 5.56. The van der Waals surface area contributed by atoms with Crippen molar-refractivity contribution in [2.75, 3.05) is 12.8 Å². The first kappa shape index (κ1) is 13.6. The molecule has 2 N–H and O–H groups in total. The molecule has 0 bridgehead atoms. The lowest BCUT2D eigenvalue weighted by Gasteiger charge is -2.33. The molecule has 0 saturated heterocycles. The minimum atomic E-state index is -3.88. The van der Waals surface area contributed by atoms with Crippen LogP contribution in [0.5, 0.6) is 0 Å². The number of hydrogen-bond acceptors (Lipinski definition) is 3. The van der Waals surface area contributed by atoms with Gasteiger partial charge < -0.3 is 5.73 Å². The van der Waals surface area contributed by atoms with Crippen LogP contribution in [0.1, 0.15) is 19.3 Å². The topological polar surface area (TPSA) is 63.4 Å². The number of sulfonamides is 1. The zero-order valence-electron chi connectivity index (χ0n) is 9.86. The molecule has 1 saturated carbocycles. The Balaban J connectivity index is 2.46. The number of rotatable bonds is 3. The predicted octanol–water partition coefficient (Wildman–Crippen LogP) is 2.23. The van der Waals surface area contributed by atoms with Crippen LogP contribution in [-0.4, -0.2) is 25.8 Å². The van der Waals surface area contributed by atoms with E-state index in [1.165, 1.54) is 17.4 Å². The Morgan fingerprint density at radius 3 is 2.56 bits per heavy atom. The van der Waals surface area contributed by atoms with Crippen LogP contribution in [0, 0.1) is 5.82 Å². The number of benzene rings is 1. The molecule has 4 nitrogen and oxygen atoms in total. The lowest BCUT2D eigenvalue weighted by atomic mass is 9.94. The van der Waals surface area contributed by atoms with Gasteiger partial charge >= 0.3 is 0 Å². The summed E-state index contributed by atoms with van der Waals surface area (Å²) < 4.78 is 39.6. The highest BCUT2D eigenvalue weighted by molar-refractivity contribution is 7.89. The van der Waals surface area contributed by atoms with Crippen molar-refractivity contribution in [3.63, 3.8) is 0 Å². The van der Waals surface area contributed by atoms with E-state index in [-0.39, 0.29) is 16.8 Å². The van der Waals surface area contributed by atoms with E-state index in [1.807, 2.05) is 0 Å². The zero-order valence-corrected chi connectivity index (χ0v) is 11.4. The second kappa shape index (κ2) is 4.68. The molecule has 1 aromatic rings. The predicted molar refractivity (Wildman–Crippen MR) is 68.4 cm³/mol. The van der Waals surface area contributed by atoms with E-state index >= 15 is 0 Å². The van der Waals surface area contributed by atoms with Crippen molar-refractivity contribution in [2.24, 2.45) is 0 Å². The molecule has 1 aliphatic carbocycles. The summed E-state index contributed by atoms with van der Waals surface area (Å²) in [6.45, 7) is 0. The van der Waals surface area contributed by atoms with Gasteiger partial charge in [-0.2, -0.15) is 4.31 Å². The van der Waals surface area contributed by atoms with Gasteiger partial charge in [-0.1, -0.05) is 18.0 Å². The molecule has 0 atom stereocenters. The monoisotopic (exact) mass is 292 g/mol. The quantitative estimate of drug-likeness (QED) is 0.869. The third-order valence-electron chi connectivity index (χ3n) is 3.26. The molecule has 0 heterocycles. The van der Waals surface area contributed by atoms with Crippen LogP contribution in [0.3, 0.4) is 0 Å². The average Bonchev–Trinajstić information content (AvgIpc) is 2.20. The average molecular weight is 293 g/mol. The minimum absolute atomic E-state index is 0.0605. The molecule has 18 heavy (non-hydrogen) atoms. The van der Waals surface area contributed by atoms with Crippen molar-refractivity contribution in [1.29, 1.82) is 0 Å². The lowest BCUT2D eigenvalue weighted by Crippen LogP contribution is -2.41. The first-order valence-corrected chi connectivity index (χ1v) is 7.38. The van der Waals surface area contributed by atoms with Gasteiger partial charge in [0.05, 0.1) is 5.02 Å². The van der Waals surface area contributed by atoms with Gasteiger partial charge in [-0.25, -0.2) is 12.8 Å². The molecule has 7 heteroatoms. The lowest BCUT2D eigenvalue weighted by molar-refractivity contribution is 0.249. The highest BCUT2D eigenvalue weighted by atomic mass is 35.5. The minimum Gasteiger partial charge on any atom is -0.399 e. The van der Waals surface area contributed by atoms with E-state index in [4.69, 9.17) is 17.3 Å². The molecule has 0 spiro atoms. The Kier molecular flexibility index (Phi) is 3.53. The van der Waals surface area contributed by atoms with Crippen molar-refractivity contribution in [3.05, 3.63) is 23.0 Å². The van der Waals surface area contributed by atoms with Gasteiger partial charge in [0.2, 0.25) is 10.0 Å². The van der Waals surface area contributed by atoms with E-state index in [2.05, 4.69) is 0 Å². The molecular formula is C11H14ClFN2O2S. The summed E-state index contributed by atoms with van der Waals surface area (Å²) in [7, 11) is -2.43. The Hall–Kier alpha value is -0.850. The highest BCUT2D eigenvalue weighted by Gasteiger charge is 2.34. The molecule has 0 unspecified atom stereocenters. The van der Waals surface area contributed by atoms with Gasteiger partial charge in [0.25, 0.3) is 0 Å². The number of anilines is 1. The van der Waals surface area contributed by atoms with E-state index in [9.17, 15) is 12.8 Å². The summed E-state index contributed by atoms with van der Waals surface area (Å²) in [5, 5.41) is -0.282. The van der Waals surface area contributed by atoms with Crippen LogP contribution < -0.4 is 5.73 Å². The number of halogens is 2. The van der Waals surface area contributed by atoms with E-state index < -0.39 is 20.7 Å². The second-order valence-electron chi connectivity index (χ2n) is 4.42. The first-order chi connectivity index (χ1) is 8.34. The van der Waals surface area contributed by atoms with Crippen molar-refractivity contribution < 1.29 is 12.8 Å². The maximum atomic E-state index is 13.8. The molecular weight excluding hydrogens is 279 g/mol. The SMILES string of the molecule is CN(C1CCC1)S(=O)(=O)c1cc(N)cc(Cl)c1F. The van der Waals surface area contributed by atoms with Crippen LogP contribution in [0.15, 0.2) is 17.0 Å². The summed E-state index contributed by atoms with van der Waals surface area (Å²) in [5.41, 5.74) is 5.64. The second-order valence-corrected chi connectivity index (χ2v) is 6.79. The molecule has 1 fully saturated rings. The number of hydrogen-bond donors (Lipinski definition) is 1. The van der Waals surface area contributed by atoms with Crippen LogP contribution in [0.4, 0.5) is 10.1 Å². The molecule has 100 valence electrons. The van der Waals surface area contributed by atoms with Gasteiger partial charge in [0, 0.05) is 18.8 Å². The van der Waals surface area contributed by atoms with Gasteiger partial charge in [0.15, 0.2) is 5.82 Å². The summed E-state index contributed by atoms with van der Waals surface area (Å²) in [6.07, 6.45) is 2.59. The maximum absolute atomic E-state index is 13.8. The van der Waals surface area contributed by atoms with Crippen molar-refractivity contribution >= 4 is 27.3 Å². The molecule has 1 aliphatic rings. The van der Waals surface area contributed by atoms with Gasteiger partial charge in [-0.3, -0.25) is 0 Å². The summed E-state index contributed by atoms with van der Waals surface area (Å²) >= 11 is 5.62. The maximum Gasteiger partial charge on any atom is 0.246 e. The molecule has 0 aromatic heterocycles. The Bertz CT molecular complexity index is 573. The third-order valence-corrected chi connectivity index (χ3v) is 5.45. The fourth-order valence-electron chi connectivity index (χ4n) is 1.87. The largest absolute Gasteiger partial charge is 0.399 e. The summed E-state index contributed by atoms with van der Waals surface area (Å²) in [4.78, 5) is -0.457. The van der Waals surface area contributed by atoms with E-state index in [0.29, 0.717) is 0 Å². The Morgan fingerprint density at radius 2 is 2.06 bits per heavy atom. The van der Waals surface area contributed by atoms with E-state index in [0.717, 1.165) is 25.3 Å². The third kappa shape index (κ3) is 2.20. The number of nitrogens with two attached hydrogens (primary N) is 1. The van der Waals surface area contributed by atoms with Crippen LogP contribution in [-0.2, 0) is 10.0 Å². The molecule has 0 aliphatic heterocycles. The fourth-order valence-corrected chi connectivity index (χ4v) is 3.69. The van der Waals surface area contributed by atoms with Gasteiger partial charge in [0.1, 0.15) is 4.90 Å². The number of nitrogens with zero attached hydrogens (tertiary/aromatic N) is 1. The number of nitrogen functional groups attached to an aromatic ring is 1. The van der Waals surface area contributed by atoms with Crippen molar-refractivity contribution in [3.8, 4) is 0 Å². The molecule has 1 aromatic carbocycles. The standard InChI is InChI=1S/C11H14ClFN2O2S/c1-15(8-3-2-4-8)18(16,17)10-6-7(14)5-9(12)11(10)13/h5-6,8H,2-4,14H2,1H3. The molecule has 0 radical (unpaired) electrons. The van der Waals surface area contributed by atoms with Crippen molar-refractivity contribution in [2.45, 2.75) is 30.2 Å².